The molecule has 3 heteroatoms. The Morgan fingerprint density at radius 2 is 2.12 bits per heavy atom. The molecule has 0 saturated heterocycles. The molecule has 84 valence electrons. The summed E-state index contributed by atoms with van der Waals surface area (Å²) in [6.07, 6.45) is 6.39. The van der Waals surface area contributed by atoms with Crippen LogP contribution in [-0.2, 0) is 5.41 Å². The Morgan fingerprint density at radius 3 is 2.75 bits per heavy atom. The molecule has 2 heterocycles. The minimum absolute atomic E-state index is 0.119. The first kappa shape index (κ1) is 9.85. The average Bonchev–Trinajstić information content (AvgIpc) is 2.93. The Hall–Kier alpha value is -1.35. The third-order valence-corrected chi connectivity index (χ3v) is 3.89. The van der Waals surface area contributed by atoms with E-state index in [4.69, 9.17) is 5.73 Å². The first-order valence-corrected chi connectivity index (χ1v) is 5.76. The maximum Gasteiger partial charge on any atom is 0.136 e. The van der Waals surface area contributed by atoms with E-state index in [9.17, 15) is 0 Å². The molecule has 2 N–H and O–H groups in total. The van der Waals surface area contributed by atoms with Crippen LogP contribution in [0.5, 0.6) is 0 Å². The molecule has 3 nitrogen and oxygen atoms in total. The van der Waals surface area contributed by atoms with Crippen molar-refractivity contribution in [2.75, 3.05) is 0 Å². The van der Waals surface area contributed by atoms with Crippen molar-refractivity contribution < 1.29 is 0 Å². The lowest BCUT2D eigenvalue weighted by molar-refractivity contribution is 0.382. The van der Waals surface area contributed by atoms with Gasteiger partial charge in [-0.1, -0.05) is 6.07 Å². The maximum atomic E-state index is 6.32. The van der Waals surface area contributed by atoms with Crippen LogP contribution in [0.4, 0.5) is 0 Å². The lowest BCUT2D eigenvalue weighted by Crippen LogP contribution is -2.45. The number of pyridine rings is 1. The highest BCUT2D eigenvalue weighted by Gasteiger charge is 2.55. The highest BCUT2D eigenvalue weighted by atomic mass is 15.0. The van der Waals surface area contributed by atoms with Crippen LogP contribution in [0.3, 0.4) is 0 Å². The number of nitrogens with two attached hydrogens (primary N) is 1. The predicted octanol–water partition coefficient (Wildman–Crippen LogP) is 2.10. The van der Waals surface area contributed by atoms with E-state index in [2.05, 4.69) is 29.4 Å². The third kappa shape index (κ3) is 1.15. The molecule has 0 radical (unpaired) electrons. The van der Waals surface area contributed by atoms with Crippen LogP contribution >= 0.6 is 0 Å². The number of hydrogen-bond donors (Lipinski definition) is 1. The molecular weight excluding hydrogens is 198 g/mol. The van der Waals surface area contributed by atoms with E-state index in [0.29, 0.717) is 0 Å². The van der Waals surface area contributed by atoms with Crippen LogP contribution in [0.2, 0.25) is 0 Å². The van der Waals surface area contributed by atoms with Crippen molar-refractivity contribution in [3.63, 3.8) is 0 Å². The van der Waals surface area contributed by atoms with Crippen molar-refractivity contribution in [2.45, 2.75) is 37.6 Å². The molecule has 1 fully saturated rings. The lowest BCUT2D eigenvalue weighted by atomic mass is 9.82. The molecule has 0 aliphatic heterocycles. The van der Waals surface area contributed by atoms with E-state index in [-0.39, 0.29) is 11.0 Å². The molecule has 16 heavy (non-hydrogen) atoms. The number of nitrogens with zero attached hydrogens (tertiary/aromatic N) is 2. The highest BCUT2D eigenvalue weighted by Crippen LogP contribution is 2.54. The average molecular weight is 215 g/mol. The Bertz CT molecular complexity index is 529. The van der Waals surface area contributed by atoms with Gasteiger partial charge in [-0.2, -0.15) is 0 Å². The summed E-state index contributed by atoms with van der Waals surface area (Å²) in [5, 5.41) is 0. The molecule has 0 atom stereocenters. The summed E-state index contributed by atoms with van der Waals surface area (Å²) < 4.78 is 2.17. The molecule has 0 aromatic carbocycles. The van der Waals surface area contributed by atoms with Crippen LogP contribution in [0.25, 0.3) is 5.65 Å². The zero-order valence-corrected chi connectivity index (χ0v) is 9.77. The fraction of sp³-hybridized carbons (Fsp3) is 0.462. The van der Waals surface area contributed by atoms with Gasteiger partial charge in [-0.05, 0) is 38.8 Å². The van der Waals surface area contributed by atoms with Gasteiger partial charge in [-0.25, -0.2) is 4.98 Å². The molecular formula is C13H17N3. The first-order chi connectivity index (χ1) is 7.55. The lowest BCUT2D eigenvalue weighted by Gasteiger charge is -2.30. The van der Waals surface area contributed by atoms with Gasteiger partial charge in [0.05, 0.1) is 5.69 Å². The van der Waals surface area contributed by atoms with Crippen LogP contribution in [0.15, 0.2) is 30.6 Å². The van der Waals surface area contributed by atoms with Gasteiger partial charge in [0.2, 0.25) is 0 Å². The number of hydrogen-bond acceptors (Lipinski definition) is 2. The maximum absolute atomic E-state index is 6.32. The molecule has 0 amide bonds. The summed E-state index contributed by atoms with van der Waals surface area (Å²) in [5.74, 6) is 0. The summed E-state index contributed by atoms with van der Waals surface area (Å²) >= 11 is 0. The summed E-state index contributed by atoms with van der Waals surface area (Å²) in [4.78, 5) is 4.45. The zero-order valence-electron chi connectivity index (χ0n) is 9.77. The fourth-order valence-corrected chi connectivity index (χ4v) is 2.64. The largest absolute Gasteiger partial charge is 0.325 e. The number of imidazole rings is 1. The second kappa shape index (κ2) is 2.86. The first-order valence-electron chi connectivity index (χ1n) is 5.76. The summed E-state index contributed by atoms with van der Waals surface area (Å²) in [5.41, 5.74) is 8.52. The zero-order chi connectivity index (χ0) is 11.4. The molecule has 0 bridgehead atoms. The SMILES string of the molecule is CC(C)(N)C1(c2cnc3ccccn23)CC1. The molecule has 3 rings (SSSR count). The molecule has 2 aromatic heterocycles. The fourth-order valence-electron chi connectivity index (χ4n) is 2.64. The van der Waals surface area contributed by atoms with E-state index in [1.165, 1.54) is 18.5 Å². The summed E-state index contributed by atoms with van der Waals surface area (Å²) in [7, 11) is 0. The van der Waals surface area contributed by atoms with E-state index < -0.39 is 0 Å². The van der Waals surface area contributed by atoms with E-state index >= 15 is 0 Å². The molecule has 0 spiro atoms. The number of aromatic nitrogens is 2. The second-order valence-electron chi connectivity index (χ2n) is 5.38. The smallest absolute Gasteiger partial charge is 0.136 e. The van der Waals surface area contributed by atoms with Gasteiger partial charge in [0.25, 0.3) is 0 Å². The summed E-state index contributed by atoms with van der Waals surface area (Å²) in [6.45, 7) is 4.23. The van der Waals surface area contributed by atoms with E-state index in [1.54, 1.807) is 0 Å². The molecule has 1 saturated carbocycles. The van der Waals surface area contributed by atoms with E-state index in [1.807, 2.05) is 24.4 Å². The van der Waals surface area contributed by atoms with Gasteiger partial charge in [-0.15, -0.1) is 0 Å². The monoisotopic (exact) mass is 215 g/mol. The molecule has 1 aliphatic carbocycles. The van der Waals surface area contributed by atoms with Crippen molar-refractivity contribution in [3.05, 3.63) is 36.3 Å². The molecule has 2 aromatic rings. The van der Waals surface area contributed by atoms with Crippen LogP contribution < -0.4 is 5.73 Å². The number of rotatable bonds is 2. The highest BCUT2D eigenvalue weighted by molar-refractivity contribution is 5.44. The predicted molar refractivity (Wildman–Crippen MR) is 64.4 cm³/mol. The normalized spacial score (nSPS) is 18.9. The Morgan fingerprint density at radius 1 is 1.38 bits per heavy atom. The van der Waals surface area contributed by atoms with Gasteiger partial charge >= 0.3 is 0 Å². The minimum atomic E-state index is -0.182. The Kier molecular flexibility index (Phi) is 1.76. The van der Waals surface area contributed by atoms with Crippen molar-refractivity contribution in [2.24, 2.45) is 5.73 Å². The van der Waals surface area contributed by atoms with Gasteiger partial charge in [0.1, 0.15) is 5.65 Å². The van der Waals surface area contributed by atoms with Crippen molar-refractivity contribution in [1.82, 2.24) is 9.38 Å². The standard InChI is InChI=1S/C13H17N3/c1-12(2,14)13(6-7-13)10-9-15-11-5-3-4-8-16(10)11/h3-5,8-9H,6-7,14H2,1-2H3. The Balaban J connectivity index is 2.21. The third-order valence-electron chi connectivity index (χ3n) is 3.89. The van der Waals surface area contributed by atoms with Crippen LogP contribution in [-0.4, -0.2) is 14.9 Å². The van der Waals surface area contributed by atoms with Crippen molar-refractivity contribution in [3.8, 4) is 0 Å². The quantitative estimate of drug-likeness (QED) is 0.833. The van der Waals surface area contributed by atoms with Crippen LogP contribution in [0, 0.1) is 0 Å². The molecule has 1 aliphatic rings. The second-order valence-corrected chi connectivity index (χ2v) is 5.38. The van der Waals surface area contributed by atoms with E-state index in [0.717, 1.165) is 5.65 Å². The van der Waals surface area contributed by atoms with Gasteiger partial charge < -0.3 is 10.1 Å². The summed E-state index contributed by atoms with van der Waals surface area (Å²) in [6, 6.07) is 6.08. The van der Waals surface area contributed by atoms with Gasteiger partial charge in [-0.3, -0.25) is 0 Å². The Labute approximate surface area is 95.3 Å². The van der Waals surface area contributed by atoms with Gasteiger partial charge in [0.15, 0.2) is 0 Å². The molecule has 0 unspecified atom stereocenters. The van der Waals surface area contributed by atoms with Crippen LogP contribution in [0.1, 0.15) is 32.4 Å². The van der Waals surface area contributed by atoms with Crippen molar-refractivity contribution >= 4 is 5.65 Å². The topological polar surface area (TPSA) is 43.3 Å². The number of fused-ring (bicyclic) bond motifs is 1. The van der Waals surface area contributed by atoms with Gasteiger partial charge in [0, 0.05) is 23.3 Å². The minimum Gasteiger partial charge on any atom is -0.325 e. The van der Waals surface area contributed by atoms with Crippen molar-refractivity contribution in [1.29, 1.82) is 0 Å².